The van der Waals surface area contributed by atoms with E-state index in [0.29, 0.717) is 47.9 Å². The number of methoxy groups -OCH3 is 1. The van der Waals surface area contributed by atoms with Gasteiger partial charge in [-0.1, -0.05) is 29.8 Å². The van der Waals surface area contributed by atoms with Crippen LogP contribution in [-0.2, 0) is 16.0 Å². The summed E-state index contributed by atoms with van der Waals surface area (Å²) < 4.78 is 37.7. The van der Waals surface area contributed by atoms with E-state index in [2.05, 4.69) is 20.5 Å². The van der Waals surface area contributed by atoms with E-state index >= 15 is 4.39 Å². The molecule has 1 unspecified atom stereocenters. The van der Waals surface area contributed by atoms with Crippen molar-refractivity contribution in [3.8, 4) is 23.0 Å². The smallest absolute Gasteiger partial charge is 0.325 e. The Labute approximate surface area is 259 Å². The SMILES string of the molecule is COc1cc2c(Oc3ccc(NC(=O)NC(=O)Cc4ccc(C)cc4)cc3F)ccnc2cc1OCC(O)CN1CCOCC1. The second kappa shape index (κ2) is 14.8. The van der Waals surface area contributed by atoms with E-state index in [-0.39, 0.29) is 24.5 Å². The number of amides is 3. The fraction of sp³-hybridized carbons (Fsp3) is 0.303. The van der Waals surface area contributed by atoms with Gasteiger partial charge in [0, 0.05) is 49.0 Å². The summed E-state index contributed by atoms with van der Waals surface area (Å²) >= 11 is 0. The number of morpholine rings is 1. The average molecular weight is 619 g/mol. The van der Waals surface area contributed by atoms with E-state index in [1.807, 2.05) is 31.2 Å². The number of nitrogens with zero attached hydrogens (tertiary/aromatic N) is 2. The number of carbonyl (C=O) groups is 2. The van der Waals surface area contributed by atoms with Crippen LogP contribution in [0.1, 0.15) is 11.1 Å². The number of fused-ring (bicyclic) bond motifs is 1. The van der Waals surface area contributed by atoms with Gasteiger partial charge in [-0.15, -0.1) is 0 Å². The number of aliphatic hydroxyl groups is 1. The lowest BCUT2D eigenvalue weighted by Gasteiger charge is -2.28. The van der Waals surface area contributed by atoms with Crippen molar-refractivity contribution >= 4 is 28.5 Å². The van der Waals surface area contributed by atoms with E-state index in [0.717, 1.165) is 30.3 Å². The molecule has 236 valence electrons. The molecule has 12 heteroatoms. The number of urea groups is 1. The first-order valence-corrected chi connectivity index (χ1v) is 14.5. The molecule has 3 aromatic carbocycles. The van der Waals surface area contributed by atoms with Crippen molar-refractivity contribution in [2.24, 2.45) is 0 Å². The zero-order valence-electron chi connectivity index (χ0n) is 25.0. The van der Waals surface area contributed by atoms with E-state index in [1.54, 1.807) is 18.2 Å². The van der Waals surface area contributed by atoms with Crippen molar-refractivity contribution in [1.82, 2.24) is 15.2 Å². The fourth-order valence-corrected chi connectivity index (χ4v) is 4.81. The Hall–Kier alpha value is -4.78. The Morgan fingerprint density at radius 1 is 1.02 bits per heavy atom. The Balaban J connectivity index is 1.21. The summed E-state index contributed by atoms with van der Waals surface area (Å²) in [6.07, 6.45) is 0.841. The third-order valence-corrected chi connectivity index (χ3v) is 7.14. The first kappa shape index (κ1) is 31.6. The summed E-state index contributed by atoms with van der Waals surface area (Å²) in [5.74, 6) is -0.208. The highest BCUT2D eigenvalue weighted by Gasteiger charge is 2.18. The maximum Gasteiger partial charge on any atom is 0.325 e. The van der Waals surface area contributed by atoms with Gasteiger partial charge >= 0.3 is 6.03 Å². The molecule has 1 aliphatic rings. The van der Waals surface area contributed by atoms with Gasteiger partial charge in [-0.25, -0.2) is 9.18 Å². The number of rotatable bonds is 11. The molecule has 3 amide bonds. The fourth-order valence-electron chi connectivity index (χ4n) is 4.81. The Morgan fingerprint density at radius 3 is 2.53 bits per heavy atom. The quantitative estimate of drug-likeness (QED) is 0.223. The molecule has 3 N–H and O–H groups in total. The summed E-state index contributed by atoms with van der Waals surface area (Å²) in [6.45, 7) is 5.26. The molecule has 0 radical (unpaired) electrons. The number of aromatic nitrogens is 1. The van der Waals surface area contributed by atoms with Crippen LogP contribution in [0.15, 0.2) is 66.9 Å². The Kier molecular flexibility index (Phi) is 10.4. The van der Waals surface area contributed by atoms with Crippen molar-refractivity contribution in [3.63, 3.8) is 0 Å². The number of benzene rings is 3. The van der Waals surface area contributed by atoms with Crippen LogP contribution in [0.25, 0.3) is 10.9 Å². The molecule has 11 nitrogen and oxygen atoms in total. The molecule has 1 fully saturated rings. The number of hydrogen-bond donors (Lipinski definition) is 3. The molecule has 2 heterocycles. The number of aliphatic hydroxyl groups excluding tert-OH is 1. The molecule has 1 aliphatic heterocycles. The highest BCUT2D eigenvalue weighted by molar-refractivity contribution is 6.01. The van der Waals surface area contributed by atoms with Crippen LogP contribution in [0.2, 0.25) is 0 Å². The summed E-state index contributed by atoms with van der Waals surface area (Å²) in [4.78, 5) is 31.1. The minimum atomic E-state index is -0.779. The zero-order chi connectivity index (χ0) is 31.8. The van der Waals surface area contributed by atoms with Crippen molar-refractivity contribution < 1.29 is 38.0 Å². The highest BCUT2D eigenvalue weighted by Crippen LogP contribution is 2.38. The van der Waals surface area contributed by atoms with Gasteiger partial charge in [0.25, 0.3) is 0 Å². The van der Waals surface area contributed by atoms with Crippen molar-refractivity contribution in [3.05, 3.63) is 83.8 Å². The normalized spacial score (nSPS) is 14.0. The van der Waals surface area contributed by atoms with Crippen LogP contribution in [0.5, 0.6) is 23.0 Å². The van der Waals surface area contributed by atoms with Crippen LogP contribution in [-0.4, -0.2) is 79.6 Å². The molecule has 0 saturated carbocycles. The number of β-amino-alcohol motifs (C(OH)–C–C–N with tert-alkyl or cyclic N) is 1. The number of anilines is 1. The van der Waals surface area contributed by atoms with Gasteiger partial charge in [-0.3, -0.25) is 20.0 Å². The molecular weight excluding hydrogens is 583 g/mol. The zero-order valence-corrected chi connectivity index (χ0v) is 25.0. The van der Waals surface area contributed by atoms with E-state index in [1.165, 1.54) is 25.4 Å². The summed E-state index contributed by atoms with van der Waals surface area (Å²) in [6, 6.07) is 15.5. The Morgan fingerprint density at radius 2 is 1.80 bits per heavy atom. The van der Waals surface area contributed by atoms with Crippen molar-refractivity contribution in [2.45, 2.75) is 19.4 Å². The molecule has 0 spiro atoms. The highest BCUT2D eigenvalue weighted by atomic mass is 19.1. The van der Waals surface area contributed by atoms with Gasteiger partial charge in [-0.05, 0) is 36.8 Å². The van der Waals surface area contributed by atoms with Crippen molar-refractivity contribution in [2.75, 3.05) is 51.9 Å². The van der Waals surface area contributed by atoms with Gasteiger partial charge in [0.05, 0.1) is 32.3 Å². The third-order valence-electron chi connectivity index (χ3n) is 7.14. The Bertz CT molecular complexity index is 1640. The van der Waals surface area contributed by atoms with Crippen LogP contribution in [0, 0.1) is 12.7 Å². The molecule has 4 aromatic rings. The van der Waals surface area contributed by atoms with Gasteiger partial charge in [-0.2, -0.15) is 0 Å². The minimum Gasteiger partial charge on any atom is -0.493 e. The number of aryl methyl sites for hydroxylation is 1. The van der Waals surface area contributed by atoms with Gasteiger partial charge < -0.3 is 29.4 Å². The maximum absolute atomic E-state index is 15.1. The monoisotopic (exact) mass is 618 g/mol. The second-order valence-electron chi connectivity index (χ2n) is 10.6. The van der Waals surface area contributed by atoms with Gasteiger partial charge in [0.2, 0.25) is 5.91 Å². The van der Waals surface area contributed by atoms with Gasteiger partial charge in [0.1, 0.15) is 18.5 Å². The van der Waals surface area contributed by atoms with E-state index in [9.17, 15) is 14.7 Å². The van der Waals surface area contributed by atoms with Crippen molar-refractivity contribution in [1.29, 1.82) is 0 Å². The maximum atomic E-state index is 15.1. The lowest BCUT2D eigenvalue weighted by Crippen LogP contribution is -2.42. The lowest BCUT2D eigenvalue weighted by molar-refractivity contribution is -0.119. The van der Waals surface area contributed by atoms with Crippen LogP contribution < -0.4 is 24.8 Å². The molecule has 5 rings (SSSR count). The summed E-state index contributed by atoms with van der Waals surface area (Å²) in [5, 5.41) is 15.7. The predicted molar refractivity (Wildman–Crippen MR) is 166 cm³/mol. The third kappa shape index (κ3) is 8.66. The van der Waals surface area contributed by atoms with Crippen LogP contribution >= 0.6 is 0 Å². The van der Waals surface area contributed by atoms with E-state index in [4.69, 9.17) is 18.9 Å². The second-order valence-corrected chi connectivity index (χ2v) is 10.6. The number of halogens is 1. The largest absolute Gasteiger partial charge is 0.493 e. The summed E-state index contributed by atoms with van der Waals surface area (Å²) in [7, 11) is 1.49. The average Bonchev–Trinajstić information content (AvgIpc) is 3.02. The number of pyridine rings is 1. The number of carbonyl (C=O) groups excluding carboxylic acids is 2. The molecule has 1 aromatic heterocycles. The predicted octanol–water partition coefficient (Wildman–Crippen LogP) is 4.45. The number of ether oxygens (including phenoxy) is 4. The minimum absolute atomic E-state index is 0.0318. The van der Waals surface area contributed by atoms with Crippen LogP contribution in [0.4, 0.5) is 14.9 Å². The summed E-state index contributed by atoms with van der Waals surface area (Å²) in [5.41, 5.74) is 2.48. The van der Waals surface area contributed by atoms with E-state index < -0.39 is 23.9 Å². The first-order chi connectivity index (χ1) is 21.8. The molecule has 0 bridgehead atoms. The first-order valence-electron chi connectivity index (χ1n) is 14.5. The van der Waals surface area contributed by atoms with Gasteiger partial charge in [0.15, 0.2) is 23.1 Å². The number of hydrogen-bond acceptors (Lipinski definition) is 9. The molecule has 45 heavy (non-hydrogen) atoms. The topological polar surface area (TPSA) is 131 Å². The van der Waals surface area contributed by atoms with Crippen LogP contribution in [0.3, 0.4) is 0 Å². The standard InChI is InChI=1S/C33H35FN4O7/c1-21-3-5-22(6-4-21)15-32(40)37-33(41)36-23-7-8-29(26(34)16-23)45-28-9-10-35-27-18-31(30(42-2)17-25(27)28)44-20-24(39)19-38-11-13-43-14-12-38/h3-10,16-18,24,39H,11-15,19-20H2,1-2H3,(H2,36,37,40,41). The number of imide groups is 1. The molecule has 0 aliphatic carbocycles. The molecule has 1 atom stereocenters. The molecule has 1 saturated heterocycles. The lowest BCUT2D eigenvalue weighted by atomic mass is 10.1. The molecular formula is C33H35FN4O7. The number of nitrogens with one attached hydrogen (secondary N) is 2.